The number of nitrogens with one attached hydrogen (secondary N) is 1. The molecule has 0 aliphatic rings. The minimum Gasteiger partial charge on any atom is -0.461 e. The number of pyridine rings is 1. The highest BCUT2D eigenvalue weighted by Crippen LogP contribution is 2.20. The van der Waals surface area contributed by atoms with Gasteiger partial charge in [0.1, 0.15) is 5.82 Å². The van der Waals surface area contributed by atoms with E-state index in [2.05, 4.69) is 15.3 Å². The van der Waals surface area contributed by atoms with Crippen molar-refractivity contribution >= 4 is 39.9 Å². The lowest BCUT2D eigenvalue weighted by Gasteiger charge is -2.00. The minimum atomic E-state index is -0.425. The van der Waals surface area contributed by atoms with Crippen molar-refractivity contribution in [3.63, 3.8) is 0 Å². The fourth-order valence-electron chi connectivity index (χ4n) is 1.19. The summed E-state index contributed by atoms with van der Waals surface area (Å²) in [6.07, 6.45) is 1.53. The number of esters is 1. The highest BCUT2D eigenvalue weighted by molar-refractivity contribution is 7.14. The monoisotopic (exact) mass is 283 g/mol. The smallest absolute Gasteiger partial charge is 0.357 e. The Hall–Kier alpha value is -1.66. The molecule has 94 valence electrons. The maximum atomic E-state index is 11.4. The van der Waals surface area contributed by atoms with E-state index < -0.39 is 5.97 Å². The van der Waals surface area contributed by atoms with Gasteiger partial charge in [0.05, 0.1) is 11.6 Å². The zero-order valence-electron chi connectivity index (χ0n) is 9.51. The molecule has 2 rings (SSSR count). The maximum absolute atomic E-state index is 11.4. The van der Waals surface area contributed by atoms with Crippen molar-refractivity contribution in [2.75, 3.05) is 11.9 Å². The van der Waals surface area contributed by atoms with Gasteiger partial charge in [0.15, 0.2) is 10.8 Å². The van der Waals surface area contributed by atoms with Gasteiger partial charge in [-0.05, 0) is 19.1 Å². The van der Waals surface area contributed by atoms with Crippen molar-refractivity contribution in [1.29, 1.82) is 0 Å². The standard InChI is InChI=1S/C11H10ClN3O2S/c1-2-17-10(16)8-6-18-11(14-8)15-9-4-3-7(12)5-13-9/h3-6H,2H2,1H3,(H,13,14,15). The number of aromatic nitrogens is 2. The van der Waals surface area contributed by atoms with Gasteiger partial charge in [-0.15, -0.1) is 11.3 Å². The van der Waals surface area contributed by atoms with Crippen molar-refractivity contribution < 1.29 is 9.53 Å². The van der Waals surface area contributed by atoms with Crippen LogP contribution in [-0.4, -0.2) is 22.5 Å². The van der Waals surface area contributed by atoms with E-state index in [0.717, 1.165) is 0 Å². The molecule has 18 heavy (non-hydrogen) atoms. The number of thiazole rings is 1. The molecular weight excluding hydrogens is 274 g/mol. The molecule has 5 nitrogen and oxygen atoms in total. The summed E-state index contributed by atoms with van der Waals surface area (Å²) in [5.41, 5.74) is 0.290. The molecule has 0 saturated carbocycles. The lowest BCUT2D eigenvalue weighted by molar-refractivity contribution is 0.0520. The van der Waals surface area contributed by atoms with Crippen LogP contribution in [0.5, 0.6) is 0 Å². The van der Waals surface area contributed by atoms with Gasteiger partial charge in [-0.2, -0.15) is 0 Å². The van der Waals surface area contributed by atoms with Crippen molar-refractivity contribution in [3.05, 3.63) is 34.4 Å². The Morgan fingerprint density at radius 2 is 2.39 bits per heavy atom. The first-order chi connectivity index (χ1) is 8.69. The third-order valence-corrected chi connectivity index (χ3v) is 2.93. The molecule has 0 aliphatic heterocycles. The van der Waals surface area contributed by atoms with Gasteiger partial charge in [-0.1, -0.05) is 11.6 Å². The molecule has 2 aromatic rings. The van der Waals surface area contributed by atoms with Gasteiger partial charge in [-0.25, -0.2) is 14.8 Å². The third-order valence-electron chi connectivity index (χ3n) is 1.95. The normalized spacial score (nSPS) is 10.1. The molecule has 0 bridgehead atoms. The first kappa shape index (κ1) is 12.8. The lowest BCUT2D eigenvalue weighted by Crippen LogP contribution is -2.05. The van der Waals surface area contributed by atoms with Crippen molar-refractivity contribution in [2.24, 2.45) is 0 Å². The lowest BCUT2D eigenvalue weighted by atomic mass is 10.4. The van der Waals surface area contributed by atoms with Crippen LogP contribution in [0.2, 0.25) is 5.02 Å². The van der Waals surface area contributed by atoms with Crippen LogP contribution < -0.4 is 5.32 Å². The van der Waals surface area contributed by atoms with Gasteiger partial charge < -0.3 is 10.1 Å². The van der Waals surface area contributed by atoms with Gasteiger partial charge in [-0.3, -0.25) is 0 Å². The van der Waals surface area contributed by atoms with E-state index in [0.29, 0.717) is 28.3 Å². The molecule has 2 heterocycles. The van der Waals surface area contributed by atoms with E-state index in [1.165, 1.54) is 17.5 Å². The molecule has 0 fully saturated rings. The SMILES string of the molecule is CCOC(=O)c1csc(Nc2ccc(Cl)cn2)n1. The summed E-state index contributed by atoms with van der Waals surface area (Å²) in [5, 5.41) is 5.75. The van der Waals surface area contributed by atoms with Crippen LogP contribution in [0.1, 0.15) is 17.4 Å². The molecule has 0 amide bonds. The Morgan fingerprint density at radius 1 is 1.56 bits per heavy atom. The Labute approximate surface area is 113 Å². The minimum absolute atomic E-state index is 0.290. The van der Waals surface area contributed by atoms with E-state index in [1.54, 1.807) is 24.4 Å². The molecule has 1 N–H and O–H groups in total. The largest absolute Gasteiger partial charge is 0.461 e. The van der Waals surface area contributed by atoms with Crippen LogP contribution in [0, 0.1) is 0 Å². The second-order valence-electron chi connectivity index (χ2n) is 3.25. The van der Waals surface area contributed by atoms with Crippen LogP contribution >= 0.6 is 22.9 Å². The van der Waals surface area contributed by atoms with Crippen LogP contribution in [0.3, 0.4) is 0 Å². The Morgan fingerprint density at radius 3 is 3.06 bits per heavy atom. The zero-order valence-corrected chi connectivity index (χ0v) is 11.1. The highest BCUT2D eigenvalue weighted by Gasteiger charge is 2.11. The molecule has 0 atom stereocenters. The molecule has 2 aromatic heterocycles. The van der Waals surface area contributed by atoms with Gasteiger partial charge in [0.25, 0.3) is 0 Å². The number of carbonyl (C=O) groups excluding carboxylic acids is 1. The second-order valence-corrected chi connectivity index (χ2v) is 4.54. The van der Waals surface area contributed by atoms with E-state index in [-0.39, 0.29) is 0 Å². The molecular formula is C11H10ClN3O2S. The fraction of sp³-hybridized carbons (Fsp3) is 0.182. The molecule has 0 radical (unpaired) electrons. The van der Waals surface area contributed by atoms with E-state index in [9.17, 15) is 4.79 Å². The van der Waals surface area contributed by atoms with Crippen molar-refractivity contribution in [3.8, 4) is 0 Å². The highest BCUT2D eigenvalue weighted by atomic mass is 35.5. The molecule has 0 saturated heterocycles. The summed E-state index contributed by atoms with van der Waals surface area (Å²) < 4.78 is 4.85. The molecule has 7 heteroatoms. The first-order valence-corrected chi connectivity index (χ1v) is 6.46. The third kappa shape index (κ3) is 3.18. The summed E-state index contributed by atoms with van der Waals surface area (Å²) in [7, 11) is 0. The maximum Gasteiger partial charge on any atom is 0.357 e. The molecule has 0 aromatic carbocycles. The summed E-state index contributed by atoms with van der Waals surface area (Å²) in [6, 6.07) is 3.45. The zero-order chi connectivity index (χ0) is 13.0. The van der Waals surface area contributed by atoms with E-state index in [4.69, 9.17) is 16.3 Å². The van der Waals surface area contributed by atoms with Gasteiger partial charge in [0, 0.05) is 11.6 Å². The number of hydrogen-bond donors (Lipinski definition) is 1. The number of anilines is 2. The average Bonchev–Trinajstić information content (AvgIpc) is 2.81. The number of hydrogen-bond acceptors (Lipinski definition) is 6. The predicted octanol–water partition coefficient (Wildman–Crippen LogP) is 3.11. The molecule has 0 unspecified atom stereocenters. The Kier molecular flexibility index (Phi) is 4.11. The predicted molar refractivity (Wildman–Crippen MR) is 70.6 cm³/mol. The van der Waals surface area contributed by atoms with E-state index in [1.807, 2.05) is 0 Å². The van der Waals surface area contributed by atoms with Crippen molar-refractivity contribution in [2.45, 2.75) is 6.92 Å². The topological polar surface area (TPSA) is 64.1 Å². The molecule has 0 spiro atoms. The van der Waals surface area contributed by atoms with Gasteiger partial charge in [0.2, 0.25) is 0 Å². The van der Waals surface area contributed by atoms with Crippen molar-refractivity contribution in [1.82, 2.24) is 9.97 Å². The summed E-state index contributed by atoms with van der Waals surface area (Å²) >= 11 is 7.04. The number of ether oxygens (including phenoxy) is 1. The summed E-state index contributed by atoms with van der Waals surface area (Å²) in [6.45, 7) is 2.08. The Balaban J connectivity index is 2.06. The average molecular weight is 284 g/mol. The fourth-order valence-corrected chi connectivity index (χ4v) is 1.99. The number of nitrogens with zero attached hydrogens (tertiary/aromatic N) is 2. The van der Waals surface area contributed by atoms with E-state index >= 15 is 0 Å². The Bertz CT molecular complexity index is 541. The summed E-state index contributed by atoms with van der Waals surface area (Å²) in [4.78, 5) is 19.6. The first-order valence-electron chi connectivity index (χ1n) is 5.20. The van der Waals surface area contributed by atoms with Crippen LogP contribution in [0.15, 0.2) is 23.7 Å². The molecule has 0 aliphatic carbocycles. The number of halogens is 1. The summed E-state index contributed by atoms with van der Waals surface area (Å²) in [5.74, 6) is 0.190. The van der Waals surface area contributed by atoms with Crippen LogP contribution in [0.25, 0.3) is 0 Å². The van der Waals surface area contributed by atoms with Crippen LogP contribution in [-0.2, 0) is 4.74 Å². The van der Waals surface area contributed by atoms with Gasteiger partial charge >= 0.3 is 5.97 Å². The van der Waals surface area contributed by atoms with Crippen LogP contribution in [0.4, 0.5) is 10.9 Å². The second kappa shape index (κ2) is 5.79. The quantitative estimate of drug-likeness (QED) is 0.874. The number of rotatable bonds is 4. The number of carbonyl (C=O) groups is 1.